The third-order valence-corrected chi connectivity index (χ3v) is 2.80. The van der Waals surface area contributed by atoms with Crippen molar-refractivity contribution in [2.75, 3.05) is 18.2 Å². The SMILES string of the molecule is COC(=O)c1ccc(N)c(Nc2ccc(C)nc2C)n1. The summed E-state index contributed by atoms with van der Waals surface area (Å²) in [5.74, 6) is -0.103. The Morgan fingerprint density at radius 3 is 2.60 bits per heavy atom. The van der Waals surface area contributed by atoms with Crippen molar-refractivity contribution in [3.63, 3.8) is 0 Å². The van der Waals surface area contributed by atoms with Crippen LogP contribution in [0.3, 0.4) is 0 Å². The number of nitrogens with zero attached hydrogens (tertiary/aromatic N) is 2. The highest BCUT2D eigenvalue weighted by molar-refractivity contribution is 5.88. The highest BCUT2D eigenvalue weighted by atomic mass is 16.5. The van der Waals surface area contributed by atoms with Crippen molar-refractivity contribution >= 4 is 23.2 Å². The average Bonchev–Trinajstić information content (AvgIpc) is 2.43. The number of carbonyl (C=O) groups is 1. The molecule has 6 heteroatoms. The zero-order valence-electron chi connectivity index (χ0n) is 11.6. The summed E-state index contributed by atoms with van der Waals surface area (Å²) < 4.78 is 4.64. The first-order valence-electron chi connectivity index (χ1n) is 6.07. The predicted octanol–water partition coefficient (Wildman–Crippen LogP) is 2.21. The number of carbonyl (C=O) groups excluding carboxylic acids is 1. The summed E-state index contributed by atoms with van der Waals surface area (Å²) >= 11 is 0. The second-order valence-corrected chi connectivity index (χ2v) is 4.34. The number of nitrogens with one attached hydrogen (secondary N) is 1. The Balaban J connectivity index is 2.35. The van der Waals surface area contributed by atoms with Gasteiger partial charge in [0.1, 0.15) is 0 Å². The topological polar surface area (TPSA) is 90.1 Å². The van der Waals surface area contributed by atoms with Crippen molar-refractivity contribution in [1.82, 2.24) is 9.97 Å². The number of pyridine rings is 2. The molecule has 6 nitrogen and oxygen atoms in total. The van der Waals surface area contributed by atoms with Gasteiger partial charge in [-0.15, -0.1) is 0 Å². The number of nitrogens with two attached hydrogens (primary N) is 1. The summed E-state index contributed by atoms with van der Waals surface area (Å²) in [5, 5.41) is 3.08. The van der Waals surface area contributed by atoms with Crippen LogP contribution < -0.4 is 11.1 Å². The standard InChI is InChI=1S/C14H16N4O2/c1-8-4-6-11(9(2)16-8)17-13-10(15)5-7-12(18-13)14(19)20-3/h4-7H,15H2,1-3H3,(H,17,18). The fraction of sp³-hybridized carbons (Fsp3) is 0.214. The second-order valence-electron chi connectivity index (χ2n) is 4.34. The lowest BCUT2D eigenvalue weighted by Crippen LogP contribution is -2.08. The van der Waals surface area contributed by atoms with Gasteiger partial charge in [0.2, 0.25) is 0 Å². The molecule has 2 aromatic rings. The molecule has 0 radical (unpaired) electrons. The molecule has 0 bridgehead atoms. The first-order valence-corrected chi connectivity index (χ1v) is 6.07. The molecule has 0 saturated heterocycles. The molecule has 0 aromatic carbocycles. The molecule has 0 atom stereocenters. The molecule has 0 saturated carbocycles. The fourth-order valence-corrected chi connectivity index (χ4v) is 1.73. The first kappa shape index (κ1) is 13.8. The largest absolute Gasteiger partial charge is 0.464 e. The Labute approximate surface area is 117 Å². The lowest BCUT2D eigenvalue weighted by atomic mass is 10.2. The Morgan fingerprint density at radius 2 is 1.95 bits per heavy atom. The van der Waals surface area contributed by atoms with Crippen LogP contribution in [0.2, 0.25) is 0 Å². The van der Waals surface area contributed by atoms with E-state index in [2.05, 4.69) is 20.0 Å². The summed E-state index contributed by atoms with van der Waals surface area (Å²) in [7, 11) is 1.31. The highest BCUT2D eigenvalue weighted by Gasteiger charge is 2.11. The maximum absolute atomic E-state index is 11.5. The third-order valence-electron chi connectivity index (χ3n) is 2.80. The van der Waals surface area contributed by atoms with Gasteiger partial charge in [-0.25, -0.2) is 9.78 Å². The predicted molar refractivity (Wildman–Crippen MR) is 77.0 cm³/mol. The molecule has 0 spiro atoms. The molecule has 0 amide bonds. The zero-order chi connectivity index (χ0) is 14.7. The minimum absolute atomic E-state index is 0.196. The maximum Gasteiger partial charge on any atom is 0.356 e. The van der Waals surface area contributed by atoms with Gasteiger partial charge < -0.3 is 15.8 Å². The van der Waals surface area contributed by atoms with Gasteiger partial charge in [-0.1, -0.05) is 0 Å². The molecule has 2 heterocycles. The van der Waals surface area contributed by atoms with Crippen molar-refractivity contribution in [2.45, 2.75) is 13.8 Å². The monoisotopic (exact) mass is 272 g/mol. The summed E-state index contributed by atoms with van der Waals surface area (Å²) in [6.07, 6.45) is 0. The lowest BCUT2D eigenvalue weighted by Gasteiger charge is -2.11. The van der Waals surface area contributed by atoms with E-state index in [4.69, 9.17) is 5.73 Å². The van der Waals surface area contributed by atoms with Crippen molar-refractivity contribution < 1.29 is 9.53 Å². The summed E-state index contributed by atoms with van der Waals surface area (Å²) in [6.45, 7) is 3.80. The van der Waals surface area contributed by atoms with E-state index >= 15 is 0 Å². The van der Waals surface area contributed by atoms with Crippen LogP contribution in [-0.2, 0) is 4.74 Å². The molecule has 0 aliphatic carbocycles. The highest BCUT2D eigenvalue weighted by Crippen LogP contribution is 2.23. The molecule has 3 N–H and O–H groups in total. The van der Waals surface area contributed by atoms with Crippen LogP contribution in [0.1, 0.15) is 21.9 Å². The van der Waals surface area contributed by atoms with E-state index < -0.39 is 5.97 Å². The summed E-state index contributed by atoms with van der Waals surface area (Å²) in [5.41, 5.74) is 9.04. The lowest BCUT2D eigenvalue weighted by molar-refractivity contribution is 0.0594. The van der Waals surface area contributed by atoms with Gasteiger partial charge in [0.25, 0.3) is 0 Å². The van der Waals surface area contributed by atoms with Crippen LogP contribution in [0.25, 0.3) is 0 Å². The molecular formula is C14H16N4O2. The van der Waals surface area contributed by atoms with Gasteiger partial charge in [-0.2, -0.15) is 0 Å². The van der Waals surface area contributed by atoms with E-state index in [1.165, 1.54) is 13.2 Å². The molecule has 20 heavy (non-hydrogen) atoms. The number of ether oxygens (including phenoxy) is 1. The quantitative estimate of drug-likeness (QED) is 0.832. The van der Waals surface area contributed by atoms with Gasteiger partial charge in [-0.05, 0) is 38.1 Å². The van der Waals surface area contributed by atoms with Crippen molar-refractivity contribution in [2.24, 2.45) is 0 Å². The van der Waals surface area contributed by atoms with Crippen molar-refractivity contribution in [3.8, 4) is 0 Å². The average molecular weight is 272 g/mol. The minimum Gasteiger partial charge on any atom is -0.464 e. The van der Waals surface area contributed by atoms with Crippen molar-refractivity contribution in [3.05, 3.63) is 41.3 Å². The van der Waals surface area contributed by atoms with Crippen LogP contribution in [0.4, 0.5) is 17.2 Å². The van der Waals surface area contributed by atoms with Crippen molar-refractivity contribution in [1.29, 1.82) is 0 Å². The Morgan fingerprint density at radius 1 is 1.20 bits per heavy atom. The van der Waals surface area contributed by atoms with Crippen LogP contribution in [0, 0.1) is 13.8 Å². The van der Waals surface area contributed by atoms with Gasteiger partial charge in [-0.3, -0.25) is 4.98 Å². The van der Waals surface area contributed by atoms with Gasteiger partial charge >= 0.3 is 5.97 Å². The van der Waals surface area contributed by atoms with E-state index in [0.29, 0.717) is 11.5 Å². The number of anilines is 3. The smallest absolute Gasteiger partial charge is 0.356 e. The molecule has 104 valence electrons. The van der Waals surface area contributed by atoms with Crippen LogP contribution in [0.5, 0.6) is 0 Å². The molecule has 0 aliphatic heterocycles. The zero-order valence-corrected chi connectivity index (χ0v) is 11.6. The van der Waals surface area contributed by atoms with E-state index in [9.17, 15) is 4.79 Å². The number of nitrogen functional groups attached to an aromatic ring is 1. The van der Waals surface area contributed by atoms with Crippen LogP contribution in [0.15, 0.2) is 24.3 Å². The van der Waals surface area contributed by atoms with E-state index in [1.807, 2.05) is 26.0 Å². The first-order chi connectivity index (χ1) is 9.51. The molecule has 0 aliphatic rings. The van der Waals surface area contributed by atoms with Gasteiger partial charge in [0.15, 0.2) is 11.5 Å². The third kappa shape index (κ3) is 2.85. The van der Waals surface area contributed by atoms with E-state index in [0.717, 1.165) is 17.1 Å². The normalized spacial score (nSPS) is 10.2. The Bertz CT molecular complexity index is 656. The Hall–Kier alpha value is -2.63. The minimum atomic E-state index is -0.508. The number of rotatable bonds is 3. The molecule has 0 unspecified atom stereocenters. The number of methoxy groups -OCH3 is 1. The van der Waals surface area contributed by atoms with E-state index in [-0.39, 0.29) is 5.69 Å². The molecule has 2 aromatic heterocycles. The van der Waals surface area contributed by atoms with Gasteiger partial charge in [0.05, 0.1) is 24.2 Å². The van der Waals surface area contributed by atoms with Gasteiger partial charge in [0, 0.05) is 5.69 Å². The number of aryl methyl sites for hydroxylation is 2. The summed E-state index contributed by atoms with van der Waals surface area (Å²) in [6, 6.07) is 6.91. The number of esters is 1. The van der Waals surface area contributed by atoms with Crippen LogP contribution >= 0.6 is 0 Å². The molecule has 2 rings (SSSR count). The number of hydrogen-bond acceptors (Lipinski definition) is 6. The second kappa shape index (κ2) is 5.56. The Kier molecular flexibility index (Phi) is 3.84. The fourth-order valence-electron chi connectivity index (χ4n) is 1.73. The van der Waals surface area contributed by atoms with Crippen LogP contribution in [-0.4, -0.2) is 23.0 Å². The number of aromatic nitrogens is 2. The summed E-state index contributed by atoms with van der Waals surface area (Å²) in [4.78, 5) is 20.0. The molecular weight excluding hydrogens is 256 g/mol. The number of hydrogen-bond donors (Lipinski definition) is 2. The van der Waals surface area contributed by atoms with E-state index in [1.54, 1.807) is 6.07 Å². The maximum atomic E-state index is 11.5. The molecule has 0 fully saturated rings.